The third kappa shape index (κ3) is 5.08. The summed E-state index contributed by atoms with van der Waals surface area (Å²) in [5.74, 6) is -0.0206. The number of aromatic nitrogens is 1. The molecule has 0 spiro atoms. The van der Waals surface area contributed by atoms with Crippen LogP contribution >= 0.6 is 39.7 Å². The van der Waals surface area contributed by atoms with Crippen molar-refractivity contribution in [3.05, 3.63) is 57.6 Å². The van der Waals surface area contributed by atoms with Gasteiger partial charge in [0, 0.05) is 23.1 Å². The van der Waals surface area contributed by atoms with Gasteiger partial charge in [-0.1, -0.05) is 33.3 Å². The summed E-state index contributed by atoms with van der Waals surface area (Å²) in [6, 6.07) is 11.7. The third-order valence-corrected chi connectivity index (χ3v) is 5.91. The minimum absolute atomic E-state index is 0. The maximum Gasteiger partial charge on any atom is 0.260 e. The van der Waals surface area contributed by atoms with Crippen molar-refractivity contribution >= 4 is 60.9 Å². The number of aryl methyl sites for hydroxylation is 2. The number of carbonyl (C=O) groups is 1. The number of hydrogen-bond acceptors (Lipinski definition) is 4. The SMILES string of the molecule is Cc1cc(C)c2sc(N(CCN(C)C)C(=O)c3ccc(Br)cc3)nc2c1.Cl. The molecule has 0 atom stereocenters. The molecule has 0 aliphatic rings. The Labute approximate surface area is 178 Å². The molecule has 0 saturated heterocycles. The van der Waals surface area contributed by atoms with Crippen LogP contribution in [0, 0.1) is 13.8 Å². The minimum atomic E-state index is -0.0206. The molecule has 0 bridgehead atoms. The van der Waals surface area contributed by atoms with E-state index < -0.39 is 0 Å². The number of amides is 1. The summed E-state index contributed by atoms with van der Waals surface area (Å²) in [5.41, 5.74) is 4.01. The molecule has 3 rings (SSSR count). The van der Waals surface area contributed by atoms with E-state index in [-0.39, 0.29) is 18.3 Å². The van der Waals surface area contributed by atoms with Gasteiger partial charge in [-0.2, -0.15) is 0 Å². The number of carbonyl (C=O) groups excluding carboxylic acids is 1. The fourth-order valence-electron chi connectivity index (χ4n) is 2.81. The summed E-state index contributed by atoms with van der Waals surface area (Å²) in [5, 5.41) is 0.753. The highest BCUT2D eigenvalue weighted by atomic mass is 79.9. The maximum absolute atomic E-state index is 13.2. The number of hydrogen-bond donors (Lipinski definition) is 0. The molecular weight excluding hydrogens is 446 g/mol. The monoisotopic (exact) mass is 467 g/mol. The maximum atomic E-state index is 13.2. The van der Waals surface area contributed by atoms with E-state index in [0.717, 1.165) is 26.4 Å². The van der Waals surface area contributed by atoms with Crippen LogP contribution in [0.25, 0.3) is 10.2 Å². The van der Waals surface area contributed by atoms with Crippen LogP contribution in [0.4, 0.5) is 5.13 Å². The van der Waals surface area contributed by atoms with E-state index in [9.17, 15) is 4.79 Å². The number of likely N-dealkylation sites (N-methyl/N-ethyl adjacent to an activating group) is 1. The molecule has 4 nitrogen and oxygen atoms in total. The number of halogens is 2. The molecule has 0 unspecified atom stereocenters. The van der Waals surface area contributed by atoms with Gasteiger partial charge in [0.05, 0.1) is 10.2 Å². The van der Waals surface area contributed by atoms with Gasteiger partial charge in [0.15, 0.2) is 5.13 Å². The van der Waals surface area contributed by atoms with Crippen LogP contribution in [0.1, 0.15) is 21.5 Å². The Morgan fingerprint density at radius 2 is 1.78 bits per heavy atom. The first-order chi connectivity index (χ1) is 12.3. The van der Waals surface area contributed by atoms with Crippen LogP contribution in [0.15, 0.2) is 40.9 Å². The van der Waals surface area contributed by atoms with Crippen molar-refractivity contribution in [1.82, 2.24) is 9.88 Å². The van der Waals surface area contributed by atoms with E-state index in [1.54, 1.807) is 16.2 Å². The van der Waals surface area contributed by atoms with E-state index in [0.29, 0.717) is 12.1 Å². The average molecular weight is 469 g/mol. The molecule has 2 aromatic carbocycles. The minimum Gasteiger partial charge on any atom is -0.308 e. The second kappa shape index (κ2) is 9.15. The molecule has 3 aromatic rings. The van der Waals surface area contributed by atoms with E-state index >= 15 is 0 Å². The Morgan fingerprint density at radius 3 is 2.41 bits per heavy atom. The largest absolute Gasteiger partial charge is 0.308 e. The summed E-state index contributed by atoms with van der Waals surface area (Å²) in [4.78, 5) is 21.8. The molecule has 1 aromatic heterocycles. The van der Waals surface area contributed by atoms with Crippen LogP contribution in [0.2, 0.25) is 0 Å². The Kier molecular flexibility index (Phi) is 7.40. The zero-order valence-electron chi connectivity index (χ0n) is 15.8. The van der Waals surface area contributed by atoms with Gasteiger partial charge in [0.25, 0.3) is 5.91 Å². The van der Waals surface area contributed by atoms with Crippen LogP contribution < -0.4 is 4.90 Å². The third-order valence-electron chi connectivity index (χ3n) is 4.15. The van der Waals surface area contributed by atoms with Gasteiger partial charge in [-0.3, -0.25) is 9.69 Å². The summed E-state index contributed by atoms with van der Waals surface area (Å²) >= 11 is 5.01. The first-order valence-electron chi connectivity index (χ1n) is 8.45. The van der Waals surface area contributed by atoms with Gasteiger partial charge in [-0.25, -0.2) is 4.98 Å². The highest BCUT2D eigenvalue weighted by Crippen LogP contribution is 2.32. The van der Waals surface area contributed by atoms with Crippen molar-refractivity contribution in [1.29, 1.82) is 0 Å². The predicted molar refractivity (Wildman–Crippen MR) is 121 cm³/mol. The molecule has 0 N–H and O–H groups in total. The van der Waals surface area contributed by atoms with E-state index in [1.165, 1.54) is 11.1 Å². The van der Waals surface area contributed by atoms with Crippen molar-refractivity contribution < 1.29 is 4.79 Å². The second-order valence-electron chi connectivity index (χ2n) is 6.69. The Balaban J connectivity index is 0.00000261. The van der Waals surface area contributed by atoms with Gasteiger partial charge in [-0.15, -0.1) is 12.4 Å². The van der Waals surface area contributed by atoms with Gasteiger partial charge >= 0.3 is 0 Å². The number of anilines is 1. The second-order valence-corrected chi connectivity index (χ2v) is 8.59. The van der Waals surface area contributed by atoms with Crippen LogP contribution in [0.3, 0.4) is 0 Å². The molecule has 27 heavy (non-hydrogen) atoms. The van der Waals surface area contributed by atoms with Gasteiger partial charge in [0.2, 0.25) is 0 Å². The number of thiazole rings is 1. The number of nitrogens with zero attached hydrogens (tertiary/aromatic N) is 3. The van der Waals surface area contributed by atoms with Gasteiger partial charge < -0.3 is 4.90 Å². The number of rotatable bonds is 5. The lowest BCUT2D eigenvalue weighted by atomic mass is 10.1. The molecule has 0 aliphatic carbocycles. The summed E-state index contributed by atoms with van der Waals surface area (Å²) in [6.07, 6.45) is 0. The van der Waals surface area contributed by atoms with Gasteiger partial charge in [0.1, 0.15) is 0 Å². The summed E-state index contributed by atoms with van der Waals surface area (Å²) in [6.45, 7) is 5.54. The fourth-order valence-corrected chi connectivity index (χ4v) is 4.12. The standard InChI is InChI=1S/C20H22BrN3OS.ClH/c1-13-11-14(2)18-17(12-13)22-20(26-18)24(10-9-23(3)4)19(25)15-5-7-16(21)8-6-15;/h5-8,11-12H,9-10H2,1-4H3;1H. The van der Waals surface area contributed by atoms with Crippen molar-refractivity contribution in [2.45, 2.75) is 13.8 Å². The Bertz CT molecular complexity index is 940. The highest BCUT2D eigenvalue weighted by Gasteiger charge is 2.22. The molecule has 1 heterocycles. The average Bonchev–Trinajstić information content (AvgIpc) is 2.99. The molecule has 0 saturated carbocycles. The number of benzene rings is 2. The summed E-state index contributed by atoms with van der Waals surface area (Å²) < 4.78 is 2.10. The smallest absolute Gasteiger partial charge is 0.260 e. The molecule has 0 fully saturated rings. The fraction of sp³-hybridized carbons (Fsp3) is 0.300. The van der Waals surface area contributed by atoms with Crippen LogP contribution in [-0.2, 0) is 0 Å². The lowest BCUT2D eigenvalue weighted by molar-refractivity contribution is 0.0985. The topological polar surface area (TPSA) is 36.4 Å². The zero-order valence-corrected chi connectivity index (χ0v) is 19.0. The van der Waals surface area contributed by atoms with Crippen molar-refractivity contribution in [3.63, 3.8) is 0 Å². The van der Waals surface area contributed by atoms with E-state index in [2.05, 4.69) is 46.8 Å². The molecule has 0 aliphatic heterocycles. The summed E-state index contributed by atoms with van der Waals surface area (Å²) in [7, 11) is 4.02. The Hall–Kier alpha value is -1.47. The molecular formula is C20H23BrClN3OS. The highest BCUT2D eigenvalue weighted by molar-refractivity contribution is 9.10. The zero-order chi connectivity index (χ0) is 18.8. The predicted octanol–water partition coefficient (Wildman–Crippen LogP) is 5.31. The first kappa shape index (κ1) is 21.8. The molecule has 1 amide bonds. The lowest BCUT2D eigenvalue weighted by Crippen LogP contribution is -2.36. The molecule has 144 valence electrons. The Morgan fingerprint density at radius 1 is 1.11 bits per heavy atom. The van der Waals surface area contributed by atoms with Gasteiger partial charge in [-0.05, 0) is 69.4 Å². The van der Waals surface area contributed by atoms with Crippen molar-refractivity contribution in [2.24, 2.45) is 0 Å². The van der Waals surface area contributed by atoms with Crippen molar-refractivity contribution in [3.8, 4) is 0 Å². The van der Waals surface area contributed by atoms with Crippen molar-refractivity contribution in [2.75, 3.05) is 32.1 Å². The lowest BCUT2D eigenvalue weighted by Gasteiger charge is -2.22. The van der Waals surface area contributed by atoms with E-state index in [4.69, 9.17) is 4.98 Å². The molecule has 0 radical (unpaired) electrons. The van der Waals surface area contributed by atoms with Crippen LogP contribution in [0.5, 0.6) is 0 Å². The molecule has 7 heteroatoms. The van der Waals surface area contributed by atoms with Crippen LogP contribution in [-0.4, -0.2) is 43.0 Å². The first-order valence-corrected chi connectivity index (χ1v) is 10.1. The quantitative estimate of drug-likeness (QED) is 0.509. The van der Waals surface area contributed by atoms with E-state index in [1.807, 2.05) is 38.4 Å². The normalized spacial score (nSPS) is 10.9. The number of fused-ring (bicyclic) bond motifs is 1.